The number of nitrogens with zero attached hydrogens (tertiary/aromatic N) is 2. The Labute approximate surface area is 206 Å². The molecule has 9 heteroatoms. The number of fused-ring (bicyclic) bond motifs is 5. The number of ether oxygens (including phenoxy) is 1. The zero-order valence-electron chi connectivity index (χ0n) is 19.5. The molecule has 2 aliphatic rings. The van der Waals surface area contributed by atoms with Crippen LogP contribution in [0.15, 0.2) is 59.5 Å². The third-order valence-corrected chi connectivity index (χ3v) is 6.70. The van der Waals surface area contributed by atoms with Gasteiger partial charge in [0, 0.05) is 43.5 Å². The molecule has 0 aliphatic carbocycles. The van der Waals surface area contributed by atoms with Crippen molar-refractivity contribution in [1.29, 1.82) is 0 Å². The Hall–Kier alpha value is -4.01. The Morgan fingerprint density at radius 2 is 1.86 bits per heavy atom. The molecule has 1 saturated heterocycles. The van der Waals surface area contributed by atoms with Crippen LogP contribution in [0.5, 0.6) is 5.75 Å². The van der Waals surface area contributed by atoms with Gasteiger partial charge in [0.2, 0.25) is 5.43 Å². The van der Waals surface area contributed by atoms with Crippen LogP contribution in [-0.2, 0) is 13.2 Å². The second-order valence-corrected chi connectivity index (χ2v) is 9.03. The molecule has 5 rings (SSSR count). The molecule has 3 aromatic rings. The van der Waals surface area contributed by atoms with Crippen molar-refractivity contribution in [3.8, 4) is 5.75 Å². The van der Waals surface area contributed by atoms with E-state index < -0.39 is 23.0 Å². The number of hydrogen-bond acceptors (Lipinski definition) is 4. The maximum atomic E-state index is 14.0. The predicted molar refractivity (Wildman–Crippen MR) is 128 cm³/mol. The van der Waals surface area contributed by atoms with Crippen LogP contribution in [0.1, 0.15) is 57.3 Å². The quantitative estimate of drug-likeness (QED) is 0.566. The fourth-order valence-corrected chi connectivity index (χ4v) is 4.78. The summed E-state index contributed by atoms with van der Waals surface area (Å²) in [6.45, 7) is 0.978. The largest absolute Gasteiger partial charge is 0.483 e. The summed E-state index contributed by atoms with van der Waals surface area (Å²) in [6.07, 6.45) is 3.72. The summed E-state index contributed by atoms with van der Waals surface area (Å²) < 4.78 is 34.9. The van der Waals surface area contributed by atoms with Crippen LogP contribution < -0.4 is 15.5 Å². The first kappa shape index (κ1) is 23.7. The number of carbonyl (C=O) groups excluding carboxylic acids is 2. The van der Waals surface area contributed by atoms with Crippen molar-refractivity contribution in [2.75, 3.05) is 13.1 Å². The molecule has 1 atom stereocenters. The number of hydrogen-bond donors (Lipinski definition) is 1. The van der Waals surface area contributed by atoms with Crippen LogP contribution in [0.25, 0.3) is 0 Å². The van der Waals surface area contributed by atoms with E-state index >= 15 is 0 Å². The first-order valence-electron chi connectivity index (χ1n) is 11.9. The average molecular weight is 494 g/mol. The zero-order valence-corrected chi connectivity index (χ0v) is 19.5. The van der Waals surface area contributed by atoms with Crippen molar-refractivity contribution in [3.63, 3.8) is 0 Å². The molecule has 2 aliphatic heterocycles. The van der Waals surface area contributed by atoms with Gasteiger partial charge < -0.3 is 19.5 Å². The van der Waals surface area contributed by atoms with Crippen LogP contribution in [0, 0.1) is 11.6 Å². The van der Waals surface area contributed by atoms with Crippen LogP contribution in [0.3, 0.4) is 0 Å². The van der Waals surface area contributed by atoms with Gasteiger partial charge in [-0.05, 0) is 30.9 Å². The summed E-state index contributed by atoms with van der Waals surface area (Å²) in [5.74, 6) is -2.71. The second kappa shape index (κ2) is 9.93. The Morgan fingerprint density at radius 1 is 1.06 bits per heavy atom. The highest BCUT2D eigenvalue weighted by Crippen LogP contribution is 2.33. The van der Waals surface area contributed by atoms with Crippen LogP contribution in [0.4, 0.5) is 8.78 Å². The summed E-state index contributed by atoms with van der Waals surface area (Å²) >= 11 is 0. The van der Waals surface area contributed by atoms with Gasteiger partial charge in [-0.15, -0.1) is 0 Å². The molecule has 36 heavy (non-hydrogen) atoms. The highest BCUT2D eigenvalue weighted by atomic mass is 19.1. The number of halogens is 2. The van der Waals surface area contributed by atoms with E-state index in [9.17, 15) is 23.2 Å². The Bertz CT molecular complexity index is 1370. The van der Waals surface area contributed by atoms with Crippen molar-refractivity contribution in [2.45, 2.75) is 38.5 Å². The lowest BCUT2D eigenvalue weighted by Gasteiger charge is -2.26. The number of carbonyl (C=O) groups is 2. The van der Waals surface area contributed by atoms with Crippen molar-refractivity contribution in [2.24, 2.45) is 0 Å². The second-order valence-electron chi connectivity index (χ2n) is 9.03. The molecule has 2 amide bonds. The monoisotopic (exact) mass is 493 g/mol. The molecule has 0 spiro atoms. The minimum atomic E-state index is -0.797. The Morgan fingerprint density at radius 3 is 2.64 bits per heavy atom. The molecular weight excluding hydrogens is 468 g/mol. The molecule has 1 unspecified atom stereocenters. The number of aromatic nitrogens is 1. The Kier molecular flexibility index (Phi) is 6.54. The molecule has 7 nitrogen and oxygen atoms in total. The fourth-order valence-electron chi connectivity index (χ4n) is 4.78. The first-order chi connectivity index (χ1) is 17.4. The molecule has 186 valence electrons. The van der Waals surface area contributed by atoms with E-state index in [1.165, 1.54) is 12.3 Å². The van der Waals surface area contributed by atoms with E-state index in [2.05, 4.69) is 5.32 Å². The van der Waals surface area contributed by atoms with E-state index in [-0.39, 0.29) is 47.7 Å². The van der Waals surface area contributed by atoms with Crippen molar-refractivity contribution in [3.05, 3.63) is 99.0 Å². The van der Waals surface area contributed by atoms with Gasteiger partial charge in [-0.25, -0.2) is 8.78 Å². The molecule has 1 N–H and O–H groups in total. The molecule has 2 aromatic carbocycles. The van der Waals surface area contributed by atoms with E-state index in [0.29, 0.717) is 19.5 Å². The van der Waals surface area contributed by atoms with Crippen molar-refractivity contribution >= 4 is 11.8 Å². The van der Waals surface area contributed by atoms with Crippen LogP contribution >= 0.6 is 0 Å². The number of amides is 2. The molecule has 3 heterocycles. The molecule has 0 radical (unpaired) electrons. The summed E-state index contributed by atoms with van der Waals surface area (Å²) in [7, 11) is 0. The summed E-state index contributed by atoms with van der Waals surface area (Å²) in [6, 6.07) is 12.2. The van der Waals surface area contributed by atoms with Gasteiger partial charge in [-0.3, -0.25) is 14.4 Å². The topological polar surface area (TPSA) is 80.6 Å². The average Bonchev–Trinajstić information content (AvgIpc) is 3.19. The highest BCUT2D eigenvalue weighted by Gasteiger charge is 2.35. The van der Waals surface area contributed by atoms with E-state index in [1.54, 1.807) is 9.47 Å². The number of benzene rings is 2. The lowest BCUT2D eigenvalue weighted by molar-refractivity contribution is 0.0750. The predicted octanol–water partition coefficient (Wildman–Crippen LogP) is 3.82. The summed E-state index contributed by atoms with van der Waals surface area (Å²) in [5.41, 5.74) is 0.135. The van der Waals surface area contributed by atoms with Crippen LogP contribution in [0.2, 0.25) is 0 Å². The third kappa shape index (κ3) is 4.60. The van der Waals surface area contributed by atoms with Crippen molar-refractivity contribution < 1.29 is 23.1 Å². The van der Waals surface area contributed by atoms with E-state index in [4.69, 9.17) is 4.74 Å². The Balaban J connectivity index is 1.53. The molecular formula is C27H25F2N3O4. The van der Waals surface area contributed by atoms with Gasteiger partial charge in [-0.2, -0.15) is 0 Å². The first-order valence-corrected chi connectivity index (χ1v) is 11.9. The third-order valence-electron chi connectivity index (χ3n) is 6.70. The summed E-state index contributed by atoms with van der Waals surface area (Å²) in [4.78, 5) is 41.7. The van der Waals surface area contributed by atoms with E-state index in [1.807, 2.05) is 30.3 Å². The number of pyridine rings is 1. The minimum Gasteiger partial charge on any atom is -0.483 e. The normalized spacial score (nSPS) is 16.8. The standard InChI is InChI=1S/C27H25F2N3O4/c28-19-9-8-18(22(29)13-19)14-30-26(34)21-15-32-20-7-4-11-31(12-10-20)27(35)23(32)25(24(21)33)36-16-17-5-2-1-3-6-17/h1-3,5-6,8-9,13,15,20H,4,7,10-12,14,16H2,(H,30,34). The van der Waals surface area contributed by atoms with Gasteiger partial charge in [0.15, 0.2) is 11.4 Å². The highest BCUT2D eigenvalue weighted by molar-refractivity contribution is 5.99. The summed E-state index contributed by atoms with van der Waals surface area (Å²) in [5, 5.41) is 2.54. The van der Waals surface area contributed by atoms with Gasteiger partial charge in [-0.1, -0.05) is 36.4 Å². The fraction of sp³-hybridized carbons (Fsp3) is 0.296. The van der Waals surface area contributed by atoms with Gasteiger partial charge in [0.05, 0.1) is 0 Å². The molecule has 2 bridgehead atoms. The smallest absolute Gasteiger partial charge is 0.274 e. The lowest BCUT2D eigenvalue weighted by atomic mass is 10.1. The lowest BCUT2D eigenvalue weighted by Crippen LogP contribution is -2.37. The maximum absolute atomic E-state index is 14.0. The zero-order chi connectivity index (χ0) is 25.2. The van der Waals surface area contributed by atoms with Gasteiger partial charge >= 0.3 is 0 Å². The van der Waals surface area contributed by atoms with Gasteiger partial charge in [0.1, 0.15) is 23.8 Å². The SMILES string of the molecule is O=C(NCc1ccc(F)cc1F)c1cn2c(c(OCc3ccccc3)c1=O)C(=O)N1CCCC2CC1. The van der Waals surface area contributed by atoms with E-state index in [0.717, 1.165) is 30.5 Å². The number of rotatable bonds is 6. The van der Waals surface area contributed by atoms with Crippen molar-refractivity contribution in [1.82, 2.24) is 14.8 Å². The molecule has 1 fully saturated rings. The number of nitrogens with one attached hydrogen (secondary N) is 1. The maximum Gasteiger partial charge on any atom is 0.274 e. The minimum absolute atomic E-state index is 0.0485. The van der Waals surface area contributed by atoms with Gasteiger partial charge in [0.25, 0.3) is 11.8 Å². The molecule has 0 saturated carbocycles. The van der Waals surface area contributed by atoms with Crippen LogP contribution in [-0.4, -0.2) is 34.4 Å². The molecule has 1 aromatic heterocycles.